The first-order chi connectivity index (χ1) is 38.6. The zero-order valence-corrected chi connectivity index (χ0v) is 45.7. The molecule has 6 N–H and O–H groups in total. The molecule has 0 spiro atoms. The third-order valence-corrected chi connectivity index (χ3v) is 15.6. The molecule has 19 nitrogen and oxygen atoms in total. The van der Waals surface area contributed by atoms with Crippen molar-refractivity contribution in [3.63, 3.8) is 0 Å². The minimum absolute atomic E-state index is 0.0389. The number of nitrogens with zero attached hydrogens (tertiary/aromatic N) is 2. The molecule has 0 unspecified atom stereocenters. The average molecular weight is 1110 g/mol. The Hall–Kier alpha value is -7.75. The molecule has 0 bridgehead atoms. The van der Waals surface area contributed by atoms with Crippen LogP contribution in [0.1, 0.15) is 81.5 Å². The number of aliphatic hydroxyl groups is 2. The molecule has 3 aliphatic heterocycles. The number of aromatic nitrogens is 2. The summed E-state index contributed by atoms with van der Waals surface area (Å²) in [7, 11) is 1.38. The molecule has 4 aliphatic rings. The number of esters is 1. The van der Waals surface area contributed by atoms with E-state index in [9.17, 15) is 34.2 Å². The van der Waals surface area contributed by atoms with E-state index in [-0.39, 0.29) is 54.9 Å². The summed E-state index contributed by atoms with van der Waals surface area (Å²) >= 11 is 5.75. The quantitative estimate of drug-likeness (QED) is 0.0301. The summed E-state index contributed by atoms with van der Waals surface area (Å²) in [5, 5.41) is 34.0. The highest BCUT2D eigenvalue weighted by atomic mass is 32.1. The SMILES string of the molecule is CC[C@@]1(OC(=O)[C@H](NC(=O)[C@H](CCCCNC(=O)OCC2c3ccccc3-c3ccccc32)NC(=S)Nc2ccc(O[C@H]3O[C@@H](C)[C@@H](O)[C@@H](OC)[C@@H]3O)cc2)C(C)C)C(=O)COc2c1cc1n(c2=O)Cc2cc3ccccc3nc2-1. The fourth-order valence-electron chi connectivity index (χ4n) is 11.1. The lowest BCUT2D eigenvalue weighted by Crippen LogP contribution is -2.59. The number of ether oxygens (including phenoxy) is 6. The zero-order valence-electron chi connectivity index (χ0n) is 44.9. The number of para-hydroxylation sites is 1. The number of thiocarbonyl (C=S) groups is 1. The van der Waals surface area contributed by atoms with Gasteiger partial charge in [-0.3, -0.25) is 19.0 Å². The number of methoxy groups -OCH3 is 1. The van der Waals surface area contributed by atoms with Gasteiger partial charge in [0.2, 0.25) is 23.6 Å². The molecule has 20 heteroatoms. The number of benzene rings is 4. The second-order valence-corrected chi connectivity index (χ2v) is 21.2. The molecule has 2 aromatic heterocycles. The fraction of sp³-hybridized carbons (Fsp3) is 0.383. The first-order valence-electron chi connectivity index (χ1n) is 26.9. The molecule has 5 heterocycles. The van der Waals surface area contributed by atoms with Gasteiger partial charge in [-0.25, -0.2) is 14.6 Å². The van der Waals surface area contributed by atoms with Crippen LogP contribution in [-0.2, 0) is 45.5 Å². The molecule has 0 saturated carbocycles. The van der Waals surface area contributed by atoms with Crippen molar-refractivity contribution in [2.24, 2.45) is 5.92 Å². The summed E-state index contributed by atoms with van der Waals surface area (Å²) in [5.41, 5.74) is 5.19. The Balaban J connectivity index is 0.823. The molecule has 8 atom stereocenters. The van der Waals surface area contributed by atoms with Crippen molar-refractivity contribution in [1.82, 2.24) is 25.5 Å². The highest BCUT2D eigenvalue weighted by Gasteiger charge is 2.51. The van der Waals surface area contributed by atoms with Crippen molar-refractivity contribution in [2.75, 3.05) is 32.2 Å². The smallest absolute Gasteiger partial charge is 0.407 e. The van der Waals surface area contributed by atoms with Gasteiger partial charge in [-0.1, -0.05) is 87.5 Å². The van der Waals surface area contributed by atoms with Gasteiger partial charge in [0, 0.05) is 36.2 Å². The Morgan fingerprint density at radius 3 is 2.30 bits per heavy atom. The number of carbonyl (C=O) groups is 4. The van der Waals surface area contributed by atoms with Gasteiger partial charge in [-0.2, -0.15) is 0 Å². The Morgan fingerprint density at radius 1 is 0.900 bits per heavy atom. The summed E-state index contributed by atoms with van der Waals surface area (Å²) in [4.78, 5) is 75.5. The van der Waals surface area contributed by atoms with E-state index < -0.39 is 90.2 Å². The van der Waals surface area contributed by atoms with Crippen LogP contribution >= 0.6 is 12.2 Å². The molecule has 1 aliphatic carbocycles. The normalized spacial score (nSPS) is 21.4. The van der Waals surface area contributed by atoms with Gasteiger partial charge < -0.3 is 59.9 Å². The number of amides is 2. The van der Waals surface area contributed by atoms with Crippen LogP contribution in [0.4, 0.5) is 10.5 Å². The second-order valence-electron chi connectivity index (χ2n) is 20.8. The maximum absolute atomic E-state index is 14.6. The zero-order chi connectivity index (χ0) is 56.4. The number of hydrogen-bond acceptors (Lipinski definition) is 15. The van der Waals surface area contributed by atoms with Gasteiger partial charge in [0.05, 0.1) is 35.1 Å². The molecule has 1 saturated heterocycles. The van der Waals surface area contributed by atoms with Crippen LogP contribution in [0.2, 0.25) is 0 Å². The number of Topliss-reactive ketones (excluding diaryl/α,β-unsaturated/α-hetero) is 1. The molecule has 0 radical (unpaired) electrons. The van der Waals surface area contributed by atoms with E-state index >= 15 is 0 Å². The van der Waals surface area contributed by atoms with Crippen LogP contribution in [0, 0.1) is 5.92 Å². The monoisotopic (exact) mass is 1110 g/mol. The number of unbranched alkanes of at least 4 members (excludes halogenated alkanes) is 1. The van der Waals surface area contributed by atoms with Crippen molar-refractivity contribution in [3.05, 3.63) is 142 Å². The molecule has 2 amide bonds. The predicted octanol–water partition coefficient (Wildman–Crippen LogP) is 6.60. The molecular weight excluding hydrogens is 1040 g/mol. The summed E-state index contributed by atoms with van der Waals surface area (Å²) in [6.45, 7) is 6.90. The number of hydrogen-bond donors (Lipinski definition) is 6. The minimum atomic E-state index is -1.93. The Kier molecular flexibility index (Phi) is 16.3. The molecule has 1 fully saturated rings. The fourth-order valence-corrected chi connectivity index (χ4v) is 11.3. The minimum Gasteiger partial charge on any atom is -0.479 e. The largest absolute Gasteiger partial charge is 0.479 e. The van der Waals surface area contributed by atoms with Gasteiger partial charge in [-0.15, -0.1) is 0 Å². The maximum atomic E-state index is 14.6. The van der Waals surface area contributed by atoms with Crippen LogP contribution in [0.3, 0.4) is 0 Å². The molecule has 6 aromatic rings. The van der Waals surface area contributed by atoms with Crippen LogP contribution in [0.5, 0.6) is 11.5 Å². The van der Waals surface area contributed by atoms with Crippen LogP contribution in [0.15, 0.2) is 114 Å². The van der Waals surface area contributed by atoms with Crippen molar-refractivity contribution < 1.29 is 57.8 Å². The summed E-state index contributed by atoms with van der Waals surface area (Å²) in [5.74, 6) is -2.48. The maximum Gasteiger partial charge on any atom is 0.407 e. The van der Waals surface area contributed by atoms with Gasteiger partial charge in [0.1, 0.15) is 42.8 Å². The lowest BCUT2D eigenvalue weighted by Gasteiger charge is -2.40. The number of pyridine rings is 2. The summed E-state index contributed by atoms with van der Waals surface area (Å²) in [6, 6.07) is 31.7. The molecule has 4 aromatic carbocycles. The number of aliphatic hydroxyl groups excluding tert-OH is 2. The number of fused-ring (bicyclic) bond motifs is 8. The van der Waals surface area contributed by atoms with Crippen molar-refractivity contribution >= 4 is 57.7 Å². The lowest BCUT2D eigenvalue weighted by atomic mass is 9.84. The van der Waals surface area contributed by atoms with E-state index in [1.54, 1.807) is 62.6 Å². The average Bonchev–Trinajstić information content (AvgIpc) is 3.31. The van der Waals surface area contributed by atoms with Gasteiger partial charge in [0.15, 0.2) is 17.5 Å². The number of anilines is 1. The van der Waals surface area contributed by atoms with Crippen molar-refractivity contribution in [2.45, 2.75) is 114 Å². The van der Waals surface area contributed by atoms with Gasteiger partial charge >= 0.3 is 12.1 Å². The molecule has 80 heavy (non-hydrogen) atoms. The van der Waals surface area contributed by atoms with E-state index in [1.165, 1.54) is 7.11 Å². The van der Waals surface area contributed by atoms with Crippen molar-refractivity contribution in [1.29, 1.82) is 0 Å². The second kappa shape index (κ2) is 23.5. The van der Waals surface area contributed by atoms with Gasteiger partial charge in [-0.05, 0) is 115 Å². The Labute approximate surface area is 467 Å². The Bertz CT molecular complexity index is 3360. The van der Waals surface area contributed by atoms with Crippen molar-refractivity contribution in [3.8, 4) is 34.0 Å². The predicted molar refractivity (Wildman–Crippen MR) is 300 cm³/mol. The van der Waals surface area contributed by atoms with E-state index in [0.29, 0.717) is 35.7 Å². The topological polar surface area (TPSA) is 247 Å². The van der Waals surface area contributed by atoms with Crippen LogP contribution in [-0.4, -0.2) is 118 Å². The van der Waals surface area contributed by atoms with Crippen LogP contribution < -0.4 is 36.3 Å². The number of nitrogens with one attached hydrogen (secondary N) is 4. The molecule has 418 valence electrons. The first kappa shape index (κ1) is 55.6. The highest BCUT2D eigenvalue weighted by molar-refractivity contribution is 7.80. The molecule has 10 rings (SSSR count). The van der Waals surface area contributed by atoms with E-state index in [1.807, 2.05) is 66.7 Å². The summed E-state index contributed by atoms with van der Waals surface area (Å²) in [6.07, 6.45) is -4.62. The van der Waals surface area contributed by atoms with Gasteiger partial charge in [0.25, 0.3) is 5.56 Å². The van der Waals surface area contributed by atoms with E-state index in [4.69, 9.17) is 45.6 Å². The standard InChI is InChI=1S/C60H64N6O13S/c1-6-60(43-28-46-49-35(27-34-15-7-12-20-44(34)63-49)29-66(46)55(71)52(43)75-31-47(60)67)79-56(72)48(32(2)3)65-54(70)45(64-58(80)62-36-22-24-37(25-23-36)78-57-51(69)53(74-5)50(68)33(4)77-57)21-13-14-26-61-59(73)76-30-42-40-18-10-8-16-38(40)39-17-9-11-19-41(39)42/h7-12,15-20,22-25,27-28,32-33,42,45,48,50-51,53,57,68-69H,6,13-14,21,26,29-31H2,1-5H3,(H,61,73)(H,65,70)(H2,62,64,80)/t33-,45-,48+,50+,51-,53+,57+,60-/m0/s1. The number of ketones is 1. The number of alkyl carbamates (subject to hydrolysis) is 1. The highest BCUT2D eigenvalue weighted by Crippen LogP contribution is 2.45. The first-order valence-corrected chi connectivity index (χ1v) is 27.3. The third kappa shape index (κ3) is 11.0. The third-order valence-electron chi connectivity index (χ3n) is 15.4. The number of rotatable bonds is 18. The Morgan fingerprint density at radius 2 is 1.60 bits per heavy atom. The molecular formula is C60H64N6O13S. The van der Waals surface area contributed by atoms with Crippen LogP contribution in [0.25, 0.3) is 33.4 Å². The number of carbonyl (C=O) groups excluding carboxylic acids is 4. The lowest BCUT2D eigenvalue weighted by molar-refractivity contribution is -0.272. The summed E-state index contributed by atoms with van der Waals surface area (Å²) < 4.78 is 36.3. The van der Waals surface area contributed by atoms with E-state index in [2.05, 4.69) is 33.4 Å². The van der Waals surface area contributed by atoms with E-state index in [0.717, 1.165) is 38.7 Å².